The molecule has 2 aromatic carbocycles. The van der Waals surface area contributed by atoms with Crippen molar-refractivity contribution in [2.45, 2.75) is 19.3 Å². The second-order valence-electron chi connectivity index (χ2n) is 10.5. The highest BCUT2D eigenvalue weighted by atomic mass is 16.5. The number of ether oxygens (including phenoxy) is 3. The van der Waals surface area contributed by atoms with Crippen molar-refractivity contribution in [1.29, 1.82) is 5.41 Å². The zero-order valence-corrected chi connectivity index (χ0v) is 25.2. The van der Waals surface area contributed by atoms with Gasteiger partial charge in [0.05, 0.1) is 26.4 Å². The van der Waals surface area contributed by atoms with Crippen molar-refractivity contribution in [3.05, 3.63) is 83.6 Å². The van der Waals surface area contributed by atoms with Gasteiger partial charge in [0, 0.05) is 55.4 Å². The van der Waals surface area contributed by atoms with Crippen molar-refractivity contribution >= 4 is 29.0 Å². The zero-order valence-electron chi connectivity index (χ0n) is 25.2. The molecule has 0 radical (unpaired) electrons. The molecule has 0 aliphatic carbocycles. The molecule has 4 rings (SSSR count). The number of hydrogen-bond acceptors (Lipinski definition) is 9. The third kappa shape index (κ3) is 9.29. The van der Waals surface area contributed by atoms with Crippen molar-refractivity contribution in [3.63, 3.8) is 0 Å². The molecule has 2 aromatic rings. The second kappa shape index (κ2) is 15.7. The van der Waals surface area contributed by atoms with E-state index in [1.165, 1.54) is 6.08 Å². The minimum absolute atomic E-state index is 0.192. The van der Waals surface area contributed by atoms with Crippen LogP contribution in [0.2, 0.25) is 0 Å². The quantitative estimate of drug-likeness (QED) is 0.202. The van der Waals surface area contributed by atoms with Crippen LogP contribution in [0.5, 0.6) is 11.5 Å². The molecule has 0 bridgehead atoms. The molecule has 43 heavy (non-hydrogen) atoms. The van der Waals surface area contributed by atoms with Gasteiger partial charge in [-0.1, -0.05) is 12.2 Å². The molecule has 1 saturated heterocycles. The first kappa shape index (κ1) is 31.5. The summed E-state index contributed by atoms with van der Waals surface area (Å²) in [4.78, 5) is 30.0. The summed E-state index contributed by atoms with van der Waals surface area (Å²) >= 11 is 0. The summed E-state index contributed by atoms with van der Waals surface area (Å²) in [6.45, 7) is 5.48. The molecule has 0 aromatic heterocycles. The number of nitrogens with zero attached hydrogens (tertiary/aromatic N) is 2. The third-order valence-corrected chi connectivity index (χ3v) is 7.36. The predicted molar refractivity (Wildman–Crippen MR) is 169 cm³/mol. The summed E-state index contributed by atoms with van der Waals surface area (Å²) < 4.78 is 16.2. The fourth-order valence-corrected chi connectivity index (χ4v) is 4.79. The number of hydrogen-bond donors (Lipinski definition) is 3. The van der Waals surface area contributed by atoms with E-state index in [0.29, 0.717) is 35.8 Å². The van der Waals surface area contributed by atoms with Gasteiger partial charge >= 0.3 is 5.97 Å². The molecule has 1 fully saturated rings. The van der Waals surface area contributed by atoms with E-state index in [-0.39, 0.29) is 5.71 Å². The molecule has 0 unspecified atom stereocenters. The van der Waals surface area contributed by atoms with E-state index in [9.17, 15) is 9.59 Å². The van der Waals surface area contributed by atoms with Gasteiger partial charge in [-0.15, -0.1) is 0 Å². The van der Waals surface area contributed by atoms with Gasteiger partial charge in [-0.2, -0.15) is 0 Å². The normalized spacial score (nSPS) is 18.8. The van der Waals surface area contributed by atoms with Crippen LogP contribution in [0.4, 0.5) is 5.69 Å². The summed E-state index contributed by atoms with van der Waals surface area (Å²) in [6.07, 6.45) is 9.67. The molecule has 10 nitrogen and oxygen atoms in total. The molecule has 2 aliphatic rings. The lowest BCUT2D eigenvalue weighted by molar-refractivity contribution is -0.110. The molecule has 228 valence electrons. The van der Waals surface area contributed by atoms with Crippen molar-refractivity contribution in [2.24, 2.45) is 0 Å². The van der Waals surface area contributed by atoms with E-state index in [1.807, 2.05) is 36.4 Å². The number of allylic oxidation sites excluding steroid dienone is 4. The summed E-state index contributed by atoms with van der Waals surface area (Å²) in [6, 6.07) is 12.1. The average Bonchev–Trinajstić information content (AvgIpc) is 3.01. The number of rotatable bonds is 11. The highest BCUT2D eigenvalue weighted by Gasteiger charge is 2.15. The van der Waals surface area contributed by atoms with Gasteiger partial charge in [-0.25, -0.2) is 4.79 Å². The number of amides is 1. The van der Waals surface area contributed by atoms with Crippen molar-refractivity contribution in [3.8, 4) is 11.5 Å². The molecule has 0 saturated carbocycles. The number of likely N-dealkylation sites (N-methyl/N-ethyl adjacent to an activating group) is 1. The summed E-state index contributed by atoms with van der Waals surface area (Å²) in [7, 11) is 5.30. The highest BCUT2D eigenvalue weighted by molar-refractivity contribution is 6.46. The number of carbonyl (C=O) groups excluding carboxylic acids is 2. The van der Waals surface area contributed by atoms with E-state index in [2.05, 4.69) is 27.5 Å². The Balaban J connectivity index is 1.29. The van der Waals surface area contributed by atoms with Crippen molar-refractivity contribution in [2.75, 3.05) is 65.9 Å². The van der Waals surface area contributed by atoms with E-state index < -0.39 is 11.9 Å². The summed E-state index contributed by atoms with van der Waals surface area (Å²) in [5, 5.41) is 14.5. The Morgan fingerprint density at radius 1 is 1.02 bits per heavy atom. The number of carbonyl (C=O) groups is 2. The standard InChI is InChI=1S/C33H41N5O5/c1-37-17-19-38(20-18-37)16-7-21-43-33(40)24-10-13-26(14-11-24)36-32(39)28(34)23-27-8-5-4-6-9-29(35-27)25-12-15-30(41-2)31(22-25)42-3/h4,6,9-15,22-23,34-35H,5,7-8,16-21H2,1-3H3,(H,36,39)/b6-4-,27-23-,29-9-,34-28?. The molecule has 0 spiro atoms. The van der Waals surface area contributed by atoms with Gasteiger partial charge in [0.2, 0.25) is 0 Å². The Hall–Kier alpha value is -4.41. The first-order chi connectivity index (χ1) is 20.9. The maximum absolute atomic E-state index is 12.8. The van der Waals surface area contributed by atoms with Crippen LogP contribution in [-0.2, 0) is 9.53 Å². The van der Waals surface area contributed by atoms with Gasteiger partial charge < -0.3 is 34.6 Å². The lowest BCUT2D eigenvalue weighted by Crippen LogP contribution is -2.44. The van der Waals surface area contributed by atoms with Gasteiger partial charge in [0.25, 0.3) is 5.91 Å². The monoisotopic (exact) mass is 587 g/mol. The number of nitrogens with one attached hydrogen (secondary N) is 3. The predicted octanol–water partition coefficient (Wildman–Crippen LogP) is 4.32. The van der Waals surface area contributed by atoms with Crippen molar-refractivity contribution < 1.29 is 23.8 Å². The first-order valence-electron chi connectivity index (χ1n) is 14.5. The number of anilines is 1. The number of piperazine rings is 1. The molecular formula is C33H41N5O5. The molecular weight excluding hydrogens is 546 g/mol. The molecule has 1 amide bonds. The van der Waals surface area contributed by atoms with Crippen LogP contribution in [0.1, 0.15) is 35.2 Å². The minimum atomic E-state index is -0.553. The largest absolute Gasteiger partial charge is 0.493 e. The minimum Gasteiger partial charge on any atom is -0.493 e. The Morgan fingerprint density at radius 2 is 1.77 bits per heavy atom. The van der Waals surface area contributed by atoms with Crippen LogP contribution in [-0.4, -0.2) is 88.0 Å². The average molecular weight is 588 g/mol. The molecule has 2 heterocycles. The molecule has 0 atom stereocenters. The Labute approximate surface area is 253 Å². The molecule has 10 heteroatoms. The third-order valence-electron chi connectivity index (χ3n) is 7.36. The maximum atomic E-state index is 12.8. The zero-order chi connectivity index (χ0) is 30.6. The lowest BCUT2D eigenvalue weighted by Gasteiger charge is -2.32. The second-order valence-corrected chi connectivity index (χ2v) is 10.5. The van der Waals surface area contributed by atoms with Crippen LogP contribution in [0, 0.1) is 5.41 Å². The molecule has 3 N–H and O–H groups in total. The Kier molecular flexibility index (Phi) is 11.5. The van der Waals surface area contributed by atoms with Crippen molar-refractivity contribution in [1.82, 2.24) is 15.1 Å². The lowest BCUT2D eigenvalue weighted by atomic mass is 10.1. The summed E-state index contributed by atoms with van der Waals surface area (Å²) in [5.41, 5.74) is 3.12. The van der Waals surface area contributed by atoms with Crippen LogP contribution >= 0.6 is 0 Å². The smallest absolute Gasteiger partial charge is 0.338 e. The van der Waals surface area contributed by atoms with Gasteiger partial charge in [-0.05, 0) is 80.9 Å². The van der Waals surface area contributed by atoms with Gasteiger partial charge in [-0.3, -0.25) is 10.2 Å². The fourth-order valence-electron chi connectivity index (χ4n) is 4.79. The van der Waals surface area contributed by atoms with Gasteiger partial charge in [0.15, 0.2) is 11.5 Å². The SMILES string of the molecule is COc1ccc(/C2=C/C=C\CC/C(=C/C(=N)C(=O)Nc3ccc(C(=O)OCCCN4CCN(C)CC4)cc3)N2)cc1OC. The number of esters is 1. The van der Waals surface area contributed by atoms with E-state index in [4.69, 9.17) is 19.6 Å². The van der Waals surface area contributed by atoms with E-state index >= 15 is 0 Å². The first-order valence-corrected chi connectivity index (χ1v) is 14.5. The van der Waals surface area contributed by atoms with Crippen LogP contribution < -0.4 is 20.1 Å². The highest BCUT2D eigenvalue weighted by Crippen LogP contribution is 2.30. The van der Waals surface area contributed by atoms with Crippen LogP contribution in [0.25, 0.3) is 5.70 Å². The fraction of sp³-hybridized carbons (Fsp3) is 0.364. The van der Waals surface area contributed by atoms with Gasteiger partial charge in [0.1, 0.15) is 5.71 Å². The van der Waals surface area contributed by atoms with E-state index in [1.54, 1.807) is 38.5 Å². The summed E-state index contributed by atoms with van der Waals surface area (Å²) in [5.74, 6) is 0.287. The maximum Gasteiger partial charge on any atom is 0.338 e. The Morgan fingerprint density at radius 3 is 2.49 bits per heavy atom. The van der Waals surface area contributed by atoms with Crippen LogP contribution in [0.15, 0.2) is 72.5 Å². The molecule has 2 aliphatic heterocycles. The number of benzene rings is 2. The Bertz CT molecular complexity index is 1370. The number of methoxy groups -OCH3 is 2. The van der Waals surface area contributed by atoms with Crippen LogP contribution in [0.3, 0.4) is 0 Å². The topological polar surface area (TPSA) is 116 Å². The van der Waals surface area contributed by atoms with E-state index in [0.717, 1.165) is 62.5 Å².